The summed E-state index contributed by atoms with van der Waals surface area (Å²) in [6.45, 7) is 1.54. The number of carbonyl (C=O) groups excluding carboxylic acids is 1. The van der Waals surface area contributed by atoms with Crippen LogP contribution in [0.4, 0.5) is 5.69 Å². The molecule has 1 saturated heterocycles. The van der Waals surface area contributed by atoms with Crippen LogP contribution in [-0.2, 0) is 17.2 Å². The first-order chi connectivity index (χ1) is 15.9. The van der Waals surface area contributed by atoms with E-state index >= 15 is 0 Å². The fourth-order valence-electron chi connectivity index (χ4n) is 3.85. The summed E-state index contributed by atoms with van der Waals surface area (Å²) in [4.78, 5) is 24.5. The van der Waals surface area contributed by atoms with Crippen molar-refractivity contribution in [3.8, 4) is 0 Å². The molecule has 33 heavy (non-hydrogen) atoms. The van der Waals surface area contributed by atoms with Gasteiger partial charge in [0.15, 0.2) is 5.16 Å². The molecule has 11 heteroatoms. The van der Waals surface area contributed by atoms with Crippen molar-refractivity contribution in [2.75, 3.05) is 19.8 Å². The van der Waals surface area contributed by atoms with Crippen LogP contribution in [0.15, 0.2) is 58.8 Å². The molecule has 1 aliphatic rings. The predicted molar refractivity (Wildman–Crippen MR) is 124 cm³/mol. The zero-order chi connectivity index (χ0) is 23.4. The summed E-state index contributed by atoms with van der Waals surface area (Å²) in [5, 5.41) is 23.5. The van der Waals surface area contributed by atoms with E-state index in [0.29, 0.717) is 34.8 Å². The topological polar surface area (TPSA) is 112 Å². The van der Waals surface area contributed by atoms with Crippen LogP contribution in [0.1, 0.15) is 28.8 Å². The number of nitrogens with one attached hydrogen (secondary N) is 1. The van der Waals surface area contributed by atoms with E-state index in [0.717, 1.165) is 30.2 Å². The normalized spacial score (nSPS) is 15.2. The second kappa shape index (κ2) is 9.90. The van der Waals surface area contributed by atoms with Crippen molar-refractivity contribution in [3.63, 3.8) is 0 Å². The van der Waals surface area contributed by atoms with Crippen LogP contribution in [0.25, 0.3) is 0 Å². The average molecular weight is 488 g/mol. The highest BCUT2D eigenvalue weighted by Gasteiger charge is 2.35. The monoisotopic (exact) mass is 487 g/mol. The highest BCUT2D eigenvalue weighted by atomic mass is 35.5. The molecule has 2 heterocycles. The largest absolute Gasteiger partial charge is 0.381 e. The summed E-state index contributed by atoms with van der Waals surface area (Å²) in [6.07, 6.45) is 2.99. The van der Waals surface area contributed by atoms with Crippen LogP contribution in [0.5, 0.6) is 0 Å². The molecule has 0 spiro atoms. The lowest BCUT2D eigenvalue weighted by Crippen LogP contribution is -2.44. The highest BCUT2D eigenvalue weighted by Crippen LogP contribution is 2.36. The summed E-state index contributed by atoms with van der Waals surface area (Å²) >= 11 is 7.33. The molecule has 1 fully saturated rings. The standard InChI is InChI=1S/C22H22ClN5O4S/c1-27-14-25-26-21(27)33-19-6-5-15(11-18(19)28(30)31)20(29)24-13-22(7-9-32-10-8-22)16-3-2-4-17(23)12-16/h2-6,11-12,14H,7-10,13H2,1H3,(H,24,29). The SMILES string of the molecule is Cn1cnnc1Sc1ccc(C(=O)NCC2(c3cccc(Cl)c3)CCOCC2)cc1[N+](=O)[O-]. The lowest BCUT2D eigenvalue weighted by atomic mass is 9.74. The minimum absolute atomic E-state index is 0.161. The van der Waals surface area contributed by atoms with Crippen LogP contribution in [0, 0.1) is 10.1 Å². The maximum Gasteiger partial charge on any atom is 0.284 e. The average Bonchev–Trinajstić information content (AvgIpc) is 3.22. The van der Waals surface area contributed by atoms with Gasteiger partial charge in [0.05, 0.1) is 9.82 Å². The third kappa shape index (κ3) is 5.18. The molecule has 0 bridgehead atoms. The number of carbonyl (C=O) groups is 1. The number of ether oxygens (including phenoxy) is 1. The Balaban J connectivity index is 1.54. The van der Waals surface area contributed by atoms with E-state index in [1.165, 1.54) is 12.4 Å². The van der Waals surface area contributed by atoms with E-state index in [4.69, 9.17) is 16.3 Å². The molecule has 0 aliphatic carbocycles. The Morgan fingerprint density at radius 3 is 2.76 bits per heavy atom. The third-order valence-electron chi connectivity index (χ3n) is 5.76. The maximum absolute atomic E-state index is 13.0. The van der Waals surface area contributed by atoms with Crippen LogP contribution in [0.2, 0.25) is 5.02 Å². The number of aryl methyl sites for hydroxylation is 1. The first-order valence-corrected chi connectivity index (χ1v) is 11.5. The van der Waals surface area contributed by atoms with Crippen molar-refractivity contribution >= 4 is 35.0 Å². The summed E-state index contributed by atoms with van der Waals surface area (Å²) in [5.41, 5.74) is 0.787. The van der Waals surface area contributed by atoms with Gasteiger partial charge in [-0.05, 0) is 54.4 Å². The van der Waals surface area contributed by atoms with E-state index in [1.54, 1.807) is 23.7 Å². The summed E-state index contributed by atoms with van der Waals surface area (Å²) < 4.78 is 7.21. The Bertz CT molecular complexity index is 1180. The molecular weight excluding hydrogens is 466 g/mol. The fourth-order valence-corrected chi connectivity index (χ4v) is 4.89. The number of nitro benzene ring substituents is 1. The van der Waals surface area contributed by atoms with Gasteiger partial charge in [0, 0.05) is 48.9 Å². The third-order valence-corrected chi connectivity index (χ3v) is 7.12. The molecule has 1 N–H and O–H groups in total. The van der Waals surface area contributed by atoms with Crippen LogP contribution < -0.4 is 5.32 Å². The Hall–Kier alpha value is -2.95. The van der Waals surface area contributed by atoms with Gasteiger partial charge in [-0.2, -0.15) is 0 Å². The maximum atomic E-state index is 13.0. The number of amides is 1. The van der Waals surface area contributed by atoms with Gasteiger partial charge in [0.1, 0.15) is 6.33 Å². The number of aromatic nitrogens is 3. The van der Waals surface area contributed by atoms with E-state index in [2.05, 4.69) is 15.5 Å². The second-order valence-corrected chi connectivity index (χ2v) is 9.30. The van der Waals surface area contributed by atoms with Crippen molar-refractivity contribution in [2.24, 2.45) is 7.05 Å². The van der Waals surface area contributed by atoms with Crippen LogP contribution in [0.3, 0.4) is 0 Å². The van der Waals surface area contributed by atoms with Gasteiger partial charge in [-0.25, -0.2) is 0 Å². The smallest absolute Gasteiger partial charge is 0.284 e. The minimum Gasteiger partial charge on any atom is -0.381 e. The molecule has 2 aromatic carbocycles. The molecule has 1 aliphatic heterocycles. The lowest BCUT2D eigenvalue weighted by molar-refractivity contribution is -0.387. The molecule has 172 valence electrons. The molecular formula is C22H22ClN5O4S. The van der Waals surface area contributed by atoms with Crippen molar-refractivity contribution < 1.29 is 14.5 Å². The van der Waals surface area contributed by atoms with Crippen molar-refractivity contribution in [1.82, 2.24) is 20.1 Å². The molecule has 0 atom stereocenters. The van der Waals surface area contributed by atoms with Crippen LogP contribution in [-0.4, -0.2) is 45.4 Å². The fraction of sp³-hybridized carbons (Fsp3) is 0.318. The number of benzene rings is 2. The summed E-state index contributed by atoms with van der Waals surface area (Å²) in [7, 11) is 1.75. The first kappa shape index (κ1) is 23.2. The molecule has 3 aromatic rings. The Labute approximate surface area is 199 Å². The Kier molecular flexibility index (Phi) is 6.96. The summed E-state index contributed by atoms with van der Waals surface area (Å²) in [5.74, 6) is -0.374. The first-order valence-electron chi connectivity index (χ1n) is 10.3. The Morgan fingerprint density at radius 1 is 1.30 bits per heavy atom. The minimum atomic E-state index is -0.499. The molecule has 0 radical (unpaired) electrons. The molecule has 0 saturated carbocycles. The predicted octanol–water partition coefficient (Wildman–Crippen LogP) is 4.01. The van der Waals surface area contributed by atoms with Crippen LogP contribution >= 0.6 is 23.4 Å². The van der Waals surface area contributed by atoms with Gasteiger partial charge in [0.2, 0.25) is 0 Å². The quantitative estimate of drug-likeness (QED) is 0.395. The zero-order valence-corrected chi connectivity index (χ0v) is 19.4. The molecule has 1 aromatic heterocycles. The Morgan fingerprint density at radius 2 is 2.09 bits per heavy atom. The molecule has 4 rings (SSSR count). The number of hydrogen-bond acceptors (Lipinski definition) is 7. The van der Waals surface area contributed by atoms with Gasteiger partial charge in [0.25, 0.3) is 11.6 Å². The van der Waals surface area contributed by atoms with E-state index in [1.807, 2.05) is 24.3 Å². The number of hydrogen-bond donors (Lipinski definition) is 1. The summed E-state index contributed by atoms with van der Waals surface area (Å²) in [6, 6.07) is 12.1. The number of rotatable bonds is 7. The molecule has 9 nitrogen and oxygen atoms in total. The van der Waals surface area contributed by atoms with Gasteiger partial charge in [-0.1, -0.05) is 23.7 Å². The second-order valence-electron chi connectivity index (χ2n) is 7.85. The zero-order valence-electron chi connectivity index (χ0n) is 17.9. The van der Waals surface area contributed by atoms with E-state index < -0.39 is 4.92 Å². The molecule has 1 amide bonds. The lowest BCUT2D eigenvalue weighted by Gasteiger charge is -2.38. The van der Waals surface area contributed by atoms with Gasteiger partial charge in [-0.3, -0.25) is 14.9 Å². The number of nitrogens with zero attached hydrogens (tertiary/aromatic N) is 4. The van der Waals surface area contributed by atoms with Gasteiger partial charge in [-0.15, -0.1) is 10.2 Å². The molecule has 0 unspecified atom stereocenters. The highest BCUT2D eigenvalue weighted by molar-refractivity contribution is 7.99. The number of halogens is 1. The van der Waals surface area contributed by atoms with Gasteiger partial charge < -0.3 is 14.6 Å². The van der Waals surface area contributed by atoms with E-state index in [-0.39, 0.29) is 22.6 Å². The van der Waals surface area contributed by atoms with Crippen molar-refractivity contribution in [3.05, 3.63) is 75.1 Å². The number of nitro groups is 1. The van der Waals surface area contributed by atoms with Crippen molar-refractivity contribution in [1.29, 1.82) is 0 Å². The van der Waals surface area contributed by atoms with E-state index in [9.17, 15) is 14.9 Å². The van der Waals surface area contributed by atoms with Crippen molar-refractivity contribution in [2.45, 2.75) is 28.3 Å². The van der Waals surface area contributed by atoms with Gasteiger partial charge >= 0.3 is 0 Å².